The number of hydrogen-bond donors (Lipinski definition) is 2. The molecule has 31 heavy (non-hydrogen) atoms. The van der Waals surface area contributed by atoms with Crippen LogP contribution in [-0.4, -0.2) is 44.8 Å². The molecule has 0 aliphatic rings. The Morgan fingerprint density at radius 1 is 1.03 bits per heavy atom. The van der Waals surface area contributed by atoms with Gasteiger partial charge in [-0.05, 0) is 58.3 Å². The average molecular weight is 441 g/mol. The topological polar surface area (TPSA) is 91.4 Å². The van der Waals surface area contributed by atoms with Gasteiger partial charge in [0.05, 0.1) is 28.3 Å². The fourth-order valence-corrected chi connectivity index (χ4v) is 4.19. The second-order valence-electron chi connectivity index (χ2n) is 7.78. The van der Waals surface area contributed by atoms with E-state index in [1.807, 2.05) is 44.1 Å². The maximum Gasteiger partial charge on any atom is 0.261 e. The Morgan fingerprint density at radius 3 is 2.48 bits per heavy atom. The van der Waals surface area contributed by atoms with E-state index >= 15 is 0 Å². The van der Waals surface area contributed by atoms with Gasteiger partial charge in [-0.2, -0.15) is 0 Å². The van der Waals surface area contributed by atoms with Gasteiger partial charge in [-0.3, -0.25) is 9.52 Å². The number of hydrogen-bond acceptors (Lipinski definition) is 5. The maximum atomic E-state index is 12.8. The van der Waals surface area contributed by atoms with Crippen molar-refractivity contribution >= 4 is 32.5 Å². The minimum atomic E-state index is -3.74. The van der Waals surface area contributed by atoms with Crippen LogP contribution in [0, 0.1) is 6.92 Å². The number of amides is 1. The number of carbonyl (C=O) groups excluding carboxylic acids is 1. The van der Waals surface area contributed by atoms with Crippen molar-refractivity contribution in [3.63, 3.8) is 0 Å². The van der Waals surface area contributed by atoms with Crippen LogP contribution in [-0.2, 0) is 21.4 Å². The van der Waals surface area contributed by atoms with Gasteiger partial charge >= 0.3 is 0 Å². The molecule has 8 heteroatoms. The van der Waals surface area contributed by atoms with Crippen molar-refractivity contribution in [3.05, 3.63) is 65.9 Å². The highest BCUT2D eigenvalue weighted by Crippen LogP contribution is 2.25. The molecule has 0 unspecified atom stereocenters. The number of benzene rings is 2. The molecule has 2 N–H and O–H groups in total. The number of sulfonamides is 1. The number of pyridine rings is 1. The highest BCUT2D eigenvalue weighted by atomic mass is 32.2. The van der Waals surface area contributed by atoms with Crippen LogP contribution < -0.4 is 10.0 Å². The molecule has 1 heterocycles. The third kappa shape index (κ3) is 6.26. The van der Waals surface area contributed by atoms with E-state index in [1.54, 1.807) is 36.4 Å². The van der Waals surface area contributed by atoms with Gasteiger partial charge in [0.15, 0.2) is 0 Å². The van der Waals surface area contributed by atoms with Crippen molar-refractivity contribution in [3.8, 4) is 0 Å². The number of rotatable bonds is 9. The highest BCUT2D eigenvalue weighted by molar-refractivity contribution is 7.92. The first kappa shape index (κ1) is 22.7. The predicted octanol–water partition coefficient (Wildman–Crippen LogP) is 3.30. The van der Waals surface area contributed by atoms with Crippen molar-refractivity contribution in [2.45, 2.75) is 31.2 Å². The molecule has 7 nitrogen and oxygen atoms in total. The van der Waals surface area contributed by atoms with E-state index in [9.17, 15) is 13.2 Å². The first-order valence-electron chi connectivity index (χ1n) is 10.1. The van der Waals surface area contributed by atoms with Crippen molar-refractivity contribution in [1.82, 2.24) is 15.2 Å². The summed E-state index contributed by atoms with van der Waals surface area (Å²) in [4.78, 5) is 18.9. The van der Waals surface area contributed by atoms with Crippen LogP contribution in [0.2, 0.25) is 0 Å². The van der Waals surface area contributed by atoms with Gasteiger partial charge in [0.2, 0.25) is 5.91 Å². The number of nitrogens with one attached hydrogen (secondary N) is 2. The summed E-state index contributed by atoms with van der Waals surface area (Å²) < 4.78 is 28.3. The minimum absolute atomic E-state index is 0.0305. The molecule has 0 fully saturated rings. The van der Waals surface area contributed by atoms with Crippen LogP contribution >= 0.6 is 0 Å². The van der Waals surface area contributed by atoms with Gasteiger partial charge in [0.1, 0.15) is 0 Å². The molecule has 1 aromatic heterocycles. The van der Waals surface area contributed by atoms with E-state index in [1.165, 1.54) is 0 Å². The average Bonchev–Trinajstić information content (AvgIpc) is 2.72. The molecule has 0 aliphatic heterocycles. The fourth-order valence-electron chi connectivity index (χ4n) is 3.12. The Morgan fingerprint density at radius 2 is 1.77 bits per heavy atom. The molecule has 2 aromatic carbocycles. The van der Waals surface area contributed by atoms with E-state index in [2.05, 4.69) is 15.0 Å². The Balaban J connectivity index is 1.76. The van der Waals surface area contributed by atoms with E-state index in [0.29, 0.717) is 23.3 Å². The van der Waals surface area contributed by atoms with Crippen molar-refractivity contribution < 1.29 is 13.2 Å². The monoisotopic (exact) mass is 440 g/mol. The predicted molar refractivity (Wildman–Crippen MR) is 123 cm³/mol. The number of para-hydroxylation sites is 1. The number of aromatic nitrogens is 1. The van der Waals surface area contributed by atoms with Crippen LogP contribution in [0.4, 0.5) is 5.69 Å². The molecule has 3 rings (SSSR count). The van der Waals surface area contributed by atoms with E-state index in [4.69, 9.17) is 0 Å². The molecule has 0 aliphatic carbocycles. The van der Waals surface area contributed by atoms with Crippen molar-refractivity contribution in [2.75, 3.05) is 25.4 Å². The number of anilines is 1. The standard InChI is InChI=1S/C23H28N4O3S/c1-17-9-13-20(14-10-17)31(29,30)26-21-7-4-6-18-11-12-19(25-23(18)21)16-24-22(28)8-5-15-27(2)3/h4,6-7,9-14,26H,5,8,15-16H2,1-3H3,(H,24,28). The summed E-state index contributed by atoms with van der Waals surface area (Å²) in [5.74, 6) is -0.0305. The smallest absolute Gasteiger partial charge is 0.261 e. The van der Waals surface area contributed by atoms with Crippen LogP contribution in [0.5, 0.6) is 0 Å². The molecule has 0 bridgehead atoms. The molecule has 3 aromatic rings. The molecule has 0 radical (unpaired) electrons. The van der Waals surface area contributed by atoms with Crippen LogP contribution in [0.1, 0.15) is 24.1 Å². The van der Waals surface area contributed by atoms with E-state index < -0.39 is 10.0 Å². The zero-order chi connectivity index (χ0) is 22.4. The summed E-state index contributed by atoms with van der Waals surface area (Å²) in [5.41, 5.74) is 2.59. The second kappa shape index (κ2) is 9.89. The van der Waals surface area contributed by atoms with Crippen LogP contribution in [0.3, 0.4) is 0 Å². The van der Waals surface area contributed by atoms with E-state index in [-0.39, 0.29) is 17.3 Å². The molecule has 0 atom stereocenters. The van der Waals surface area contributed by atoms with Gasteiger partial charge in [-0.25, -0.2) is 13.4 Å². The van der Waals surface area contributed by atoms with Crippen molar-refractivity contribution in [2.24, 2.45) is 0 Å². The number of carbonyl (C=O) groups is 1. The Labute approximate surface area is 183 Å². The SMILES string of the molecule is Cc1ccc(S(=O)(=O)Nc2cccc3ccc(CNC(=O)CCCN(C)C)nc23)cc1. The Bertz CT molecular complexity index is 1160. The van der Waals surface area contributed by atoms with Crippen LogP contribution in [0.15, 0.2) is 59.5 Å². The van der Waals surface area contributed by atoms with Gasteiger partial charge in [0, 0.05) is 11.8 Å². The highest BCUT2D eigenvalue weighted by Gasteiger charge is 2.16. The first-order valence-corrected chi connectivity index (χ1v) is 11.6. The van der Waals surface area contributed by atoms with Gasteiger partial charge < -0.3 is 10.2 Å². The van der Waals surface area contributed by atoms with Crippen molar-refractivity contribution in [1.29, 1.82) is 0 Å². The third-order valence-corrected chi connectivity index (χ3v) is 6.21. The second-order valence-corrected chi connectivity index (χ2v) is 9.46. The normalized spacial score (nSPS) is 11.6. The lowest BCUT2D eigenvalue weighted by Crippen LogP contribution is -2.24. The number of nitrogens with zero attached hydrogens (tertiary/aromatic N) is 2. The van der Waals surface area contributed by atoms with Gasteiger partial charge in [0.25, 0.3) is 10.0 Å². The molecular formula is C23H28N4O3S. The Kier molecular flexibility index (Phi) is 7.25. The van der Waals surface area contributed by atoms with E-state index in [0.717, 1.165) is 23.9 Å². The summed E-state index contributed by atoms with van der Waals surface area (Å²) in [7, 11) is 0.206. The zero-order valence-electron chi connectivity index (χ0n) is 18.1. The summed E-state index contributed by atoms with van der Waals surface area (Å²) in [6.45, 7) is 3.04. The lowest BCUT2D eigenvalue weighted by atomic mass is 10.1. The molecule has 164 valence electrons. The minimum Gasteiger partial charge on any atom is -0.350 e. The molecular weight excluding hydrogens is 412 g/mol. The first-order chi connectivity index (χ1) is 14.7. The number of fused-ring (bicyclic) bond motifs is 1. The number of aryl methyl sites for hydroxylation is 1. The summed E-state index contributed by atoms with van der Waals surface area (Å²) >= 11 is 0. The molecule has 1 amide bonds. The lowest BCUT2D eigenvalue weighted by molar-refractivity contribution is -0.121. The molecule has 0 spiro atoms. The molecule has 0 saturated carbocycles. The molecule has 0 saturated heterocycles. The summed E-state index contributed by atoms with van der Waals surface area (Å²) in [6, 6.07) is 15.7. The third-order valence-electron chi connectivity index (χ3n) is 4.83. The van der Waals surface area contributed by atoms with Gasteiger partial charge in [-0.1, -0.05) is 35.9 Å². The zero-order valence-corrected chi connectivity index (χ0v) is 18.9. The summed E-state index contributed by atoms with van der Waals surface area (Å²) in [5, 5.41) is 3.69. The maximum absolute atomic E-state index is 12.8. The van der Waals surface area contributed by atoms with Crippen LogP contribution in [0.25, 0.3) is 10.9 Å². The quantitative estimate of drug-likeness (QED) is 0.533. The fraction of sp³-hybridized carbons (Fsp3) is 0.304. The lowest BCUT2D eigenvalue weighted by Gasteiger charge is -2.12. The summed E-state index contributed by atoms with van der Waals surface area (Å²) in [6.07, 6.45) is 1.24. The van der Waals surface area contributed by atoms with Gasteiger partial charge in [-0.15, -0.1) is 0 Å². The largest absolute Gasteiger partial charge is 0.350 e. The Hall–Kier alpha value is -2.97.